The van der Waals surface area contributed by atoms with E-state index < -0.39 is 5.97 Å². The maximum absolute atomic E-state index is 10.9. The maximum atomic E-state index is 10.9. The lowest BCUT2D eigenvalue weighted by atomic mass is 9.74. The molecule has 98 valence electrons. The van der Waals surface area contributed by atoms with Crippen LogP contribution in [0, 0.1) is 11.3 Å². The van der Waals surface area contributed by atoms with Crippen molar-refractivity contribution >= 4 is 5.97 Å². The zero-order valence-corrected chi connectivity index (χ0v) is 10.7. The van der Waals surface area contributed by atoms with Crippen LogP contribution in [0.15, 0.2) is 0 Å². The molecule has 0 aromatic carbocycles. The minimum absolute atomic E-state index is 0.248. The highest BCUT2D eigenvalue weighted by Gasteiger charge is 2.36. The Kier molecular flexibility index (Phi) is 4.05. The smallest absolute Gasteiger partial charge is 0.307 e. The number of carbonyl (C=O) groups is 1. The first-order chi connectivity index (χ1) is 8.11. The molecule has 4 heteroatoms. The summed E-state index contributed by atoms with van der Waals surface area (Å²) < 4.78 is 0. The molecule has 2 N–H and O–H groups in total. The molecule has 0 aromatic heterocycles. The molecule has 0 bridgehead atoms. The number of hydrogen-bond donors (Lipinski definition) is 2. The summed E-state index contributed by atoms with van der Waals surface area (Å²) in [5, 5.41) is 12.5. The lowest BCUT2D eigenvalue weighted by Gasteiger charge is -2.45. The second-order valence-corrected chi connectivity index (χ2v) is 5.86. The monoisotopic (exact) mass is 240 g/mol. The number of carboxylic acids is 1. The Balaban J connectivity index is 1.90. The quantitative estimate of drug-likeness (QED) is 0.777. The van der Waals surface area contributed by atoms with Crippen LogP contribution in [-0.4, -0.2) is 48.7 Å². The zero-order chi connectivity index (χ0) is 12.3. The van der Waals surface area contributed by atoms with Crippen molar-refractivity contribution in [2.45, 2.75) is 32.6 Å². The summed E-state index contributed by atoms with van der Waals surface area (Å²) in [4.78, 5) is 13.3. The Morgan fingerprint density at radius 2 is 2.24 bits per heavy atom. The van der Waals surface area contributed by atoms with Crippen molar-refractivity contribution in [3.63, 3.8) is 0 Å². The van der Waals surface area contributed by atoms with Crippen LogP contribution in [0.3, 0.4) is 0 Å². The molecule has 1 spiro atoms. The van der Waals surface area contributed by atoms with Crippen LogP contribution in [0.2, 0.25) is 0 Å². The number of piperidine rings is 2. The summed E-state index contributed by atoms with van der Waals surface area (Å²) in [6.45, 7) is 6.93. The average Bonchev–Trinajstić information content (AvgIpc) is 2.30. The van der Waals surface area contributed by atoms with Gasteiger partial charge in [-0.1, -0.05) is 6.92 Å². The van der Waals surface area contributed by atoms with Crippen molar-refractivity contribution in [1.82, 2.24) is 10.2 Å². The summed E-state index contributed by atoms with van der Waals surface area (Å²) in [6, 6.07) is 0. The highest BCUT2D eigenvalue weighted by molar-refractivity contribution is 5.69. The lowest BCUT2D eigenvalue weighted by molar-refractivity contribution is -0.142. The molecular weight excluding hydrogens is 216 g/mol. The first kappa shape index (κ1) is 12.8. The average molecular weight is 240 g/mol. The fourth-order valence-electron chi connectivity index (χ4n) is 3.31. The summed E-state index contributed by atoms with van der Waals surface area (Å²) in [7, 11) is 0. The maximum Gasteiger partial charge on any atom is 0.307 e. The van der Waals surface area contributed by atoms with Crippen LogP contribution < -0.4 is 5.32 Å². The van der Waals surface area contributed by atoms with Gasteiger partial charge in [-0.25, -0.2) is 0 Å². The minimum atomic E-state index is -0.675. The third-order valence-electron chi connectivity index (χ3n) is 4.25. The molecule has 0 aliphatic carbocycles. The number of rotatable bonds is 3. The van der Waals surface area contributed by atoms with Crippen molar-refractivity contribution in [3.8, 4) is 0 Å². The Bertz CT molecular complexity index is 269. The molecule has 2 atom stereocenters. The van der Waals surface area contributed by atoms with Gasteiger partial charge in [-0.2, -0.15) is 0 Å². The second-order valence-electron chi connectivity index (χ2n) is 5.86. The van der Waals surface area contributed by atoms with E-state index in [2.05, 4.69) is 10.2 Å². The van der Waals surface area contributed by atoms with E-state index in [1.165, 1.54) is 25.7 Å². The lowest BCUT2D eigenvalue weighted by Crippen LogP contribution is -2.52. The van der Waals surface area contributed by atoms with Crippen LogP contribution in [-0.2, 0) is 4.79 Å². The Hall–Kier alpha value is -0.610. The van der Waals surface area contributed by atoms with Gasteiger partial charge < -0.3 is 15.3 Å². The standard InChI is InChI=1S/C13H24N2O2/c1-11(12(16)17)8-15-7-3-5-13(10-15)4-2-6-14-9-13/h11,14H,2-10H2,1H3,(H,16,17). The predicted octanol–water partition coefficient (Wildman–Crippen LogP) is 1.17. The highest BCUT2D eigenvalue weighted by Crippen LogP contribution is 2.35. The molecule has 0 amide bonds. The normalized spacial score (nSPS) is 32.5. The first-order valence-corrected chi connectivity index (χ1v) is 6.77. The van der Waals surface area contributed by atoms with E-state index in [4.69, 9.17) is 5.11 Å². The van der Waals surface area contributed by atoms with Gasteiger partial charge in [0.25, 0.3) is 0 Å². The molecule has 0 saturated carbocycles. The van der Waals surface area contributed by atoms with Crippen LogP contribution in [0.1, 0.15) is 32.6 Å². The molecular formula is C13H24N2O2. The van der Waals surface area contributed by atoms with Gasteiger partial charge in [-0.3, -0.25) is 4.79 Å². The van der Waals surface area contributed by atoms with Gasteiger partial charge in [0.2, 0.25) is 0 Å². The summed E-state index contributed by atoms with van der Waals surface area (Å²) in [5.74, 6) is -0.923. The van der Waals surface area contributed by atoms with E-state index in [-0.39, 0.29) is 5.92 Å². The van der Waals surface area contributed by atoms with Crippen LogP contribution in [0.5, 0.6) is 0 Å². The number of aliphatic carboxylic acids is 1. The molecule has 4 nitrogen and oxygen atoms in total. The van der Waals surface area contributed by atoms with Gasteiger partial charge in [0.15, 0.2) is 0 Å². The second kappa shape index (κ2) is 5.36. The van der Waals surface area contributed by atoms with E-state index in [0.717, 1.165) is 26.2 Å². The molecule has 2 rings (SSSR count). The van der Waals surface area contributed by atoms with E-state index >= 15 is 0 Å². The van der Waals surface area contributed by atoms with E-state index in [1.807, 2.05) is 6.92 Å². The van der Waals surface area contributed by atoms with Gasteiger partial charge in [-0.15, -0.1) is 0 Å². The molecule has 2 saturated heterocycles. The minimum Gasteiger partial charge on any atom is -0.481 e. The Labute approximate surface area is 103 Å². The number of hydrogen-bond acceptors (Lipinski definition) is 3. The van der Waals surface area contributed by atoms with Crippen LogP contribution in [0.25, 0.3) is 0 Å². The summed E-state index contributed by atoms with van der Waals surface area (Å²) in [6.07, 6.45) is 5.09. The fraction of sp³-hybridized carbons (Fsp3) is 0.923. The SMILES string of the molecule is CC(CN1CCCC2(CCCNC2)C1)C(=O)O. The molecule has 0 radical (unpaired) electrons. The number of likely N-dealkylation sites (tertiary alicyclic amines) is 1. The van der Waals surface area contributed by atoms with Crippen molar-refractivity contribution < 1.29 is 9.90 Å². The van der Waals surface area contributed by atoms with E-state index in [9.17, 15) is 4.79 Å². The predicted molar refractivity (Wildman–Crippen MR) is 67.0 cm³/mol. The van der Waals surface area contributed by atoms with Gasteiger partial charge in [0.1, 0.15) is 0 Å². The van der Waals surface area contributed by atoms with Crippen LogP contribution >= 0.6 is 0 Å². The molecule has 2 aliphatic rings. The highest BCUT2D eigenvalue weighted by atomic mass is 16.4. The van der Waals surface area contributed by atoms with Gasteiger partial charge in [-0.05, 0) is 44.2 Å². The third kappa shape index (κ3) is 3.19. The van der Waals surface area contributed by atoms with E-state index in [1.54, 1.807) is 0 Å². The van der Waals surface area contributed by atoms with E-state index in [0.29, 0.717) is 12.0 Å². The van der Waals surface area contributed by atoms with Gasteiger partial charge in [0.05, 0.1) is 5.92 Å². The Morgan fingerprint density at radius 1 is 1.47 bits per heavy atom. The van der Waals surface area contributed by atoms with Crippen molar-refractivity contribution in [2.75, 3.05) is 32.7 Å². The Morgan fingerprint density at radius 3 is 2.88 bits per heavy atom. The van der Waals surface area contributed by atoms with Gasteiger partial charge in [0, 0.05) is 19.6 Å². The third-order valence-corrected chi connectivity index (χ3v) is 4.25. The zero-order valence-electron chi connectivity index (χ0n) is 10.7. The molecule has 2 heterocycles. The number of nitrogens with zero attached hydrogens (tertiary/aromatic N) is 1. The molecule has 0 aromatic rings. The summed E-state index contributed by atoms with van der Waals surface area (Å²) >= 11 is 0. The first-order valence-electron chi connectivity index (χ1n) is 6.77. The summed E-state index contributed by atoms with van der Waals surface area (Å²) in [5.41, 5.74) is 0.425. The van der Waals surface area contributed by atoms with Crippen LogP contribution in [0.4, 0.5) is 0 Å². The van der Waals surface area contributed by atoms with Crippen molar-refractivity contribution in [1.29, 1.82) is 0 Å². The van der Waals surface area contributed by atoms with Crippen molar-refractivity contribution in [3.05, 3.63) is 0 Å². The molecule has 2 aliphatic heterocycles. The van der Waals surface area contributed by atoms with Gasteiger partial charge >= 0.3 is 5.97 Å². The molecule has 17 heavy (non-hydrogen) atoms. The molecule has 2 unspecified atom stereocenters. The number of nitrogens with one attached hydrogen (secondary N) is 1. The molecule has 2 fully saturated rings. The van der Waals surface area contributed by atoms with Crippen molar-refractivity contribution in [2.24, 2.45) is 11.3 Å². The topological polar surface area (TPSA) is 52.6 Å². The largest absolute Gasteiger partial charge is 0.481 e. The fourth-order valence-corrected chi connectivity index (χ4v) is 3.31. The number of carboxylic acid groups (broad SMARTS) is 1.